The molecule has 0 spiro atoms. The topological polar surface area (TPSA) is 90.7 Å². The van der Waals surface area contributed by atoms with Crippen LogP contribution in [0.2, 0.25) is 0 Å². The fraction of sp³-hybridized carbons (Fsp3) is 0.875. The molecule has 0 saturated carbocycles. The van der Waals surface area contributed by atoms with Crippen molar-refractivity contribution in [1.29, 1.82) is 0 Å². The minimum atomic E-state index is -0.933. The fourth-order valence-electron chi connectivity index (χ4n) is 1.70. The Morgan fingerprint density at radius 2 is 1.68 bits per heavy atom. The van der Waals surface area contributed by atoms with Crippen molar-refractivity contribution in [3.05, 3.63) is 0 Å². The zero-order valence-corrected chi connectivity index (χ0v) is 14.7. The molecule has 6 nitrogen and oxygen atoms in total. The molecule has 130 valence electrons. The molecule has 1 amide bonds. The number of nitrogens with two attached hydrogens (primary N) is 1. The van der Waals surface area contributed by atoms with E-state index >= 15 is 0 Å². The fourth-order valence-corrected chi connectivity index (χ4v) is 1.70. The number of hydrogen-bond acceptors (Lipinski definition) is 5. The van der Waals surface area contributed by atoms with E-state index in [1.54, 1.807) is 27.7 Å². The lowest BCUT2D eigenvalue weighted by Gasteiger charge is -2.37. The highest BCUT2D eigenvalue weighted by atomic mass is 16.6. The van der Waals surface area contributed by atoms with E-state index in [0.29, 0.717) is 26.3 Å². The summed E-state index contributed by atoms with van der Waals surface area (Å²) in [6.07, 6.45) is 1.93. The van der Waals surface area contributed by atoms with Crippen molar-refractivity contribution in [2.75, 3.05) is 32.9 Å². The van der Waals surface area contributed by atoms with Crippen molar-refractivity contribution < 1.29 is 19.1 Å². The molecule has 0 unspecified atom stereocenters. The summed E-state index contributed by atoms with van der Waals surface area (Å²) in [5.41, 5.74) is 3.50. The zero-order chi connectivity index (χ0) is 17.2. The highest BCUT2D eigenvalue weighted by Gasteiger charge is 2.49. The van der Waals surface area contributed by atoms with E-state index in [2.05, 4.69) is 12.2 Å². The SMILES string of the molecule is CCCCNC(=O)C(C)(C)C(C)(C)C(=O)OCCOCCN. The van der Waals surface area contributed by atoms with Crippen molar-refractivity contribution in [3.8, 4) is 0 Å². The Bertz CT molecular complexity index is 354. The van der Waals surface area contributed by atoms with Crippen LogP contribution in [0, 0.1) is 10.8 Å². The summed E-state index contributed by atoms with van der Waals surface area (Å²) in [7, 11) is 0. The highest BCUT2D eigenvalue weighted by molar-refractivity contribution is 5.90. The summed E-state index contributed by atoms with van der Waals surface area (Å²) >= 11 is 0. The lowest BCUT2D eigenvalue weighted by molar-refractivity contribution is -0.166. The third-order valence-electron chi connectivity index (χ3n) is 4.18. The molecule has 0 saturated heterocycles. The second-order valence-electron chi connectivity index (χ2n) is 6.40. The number of esters is 1. The predicted octanol–water partition coefficient (Wildman–Crippen LogP) is 1.47. The van der Waals surface area contributed by atoms with E-state index in [1.165, 1.54) is 0 Å². The first kappa shape index (κ1) is 20.9. The van der Waals surface area contributed by atoms with Gasteiger partial charge in [-0.2, -0.15) is 0 Å². The van der Waals surface area contributed by atoms with E-state index in [1.807, 2.05) is 0 Å². The van der Waals surface area contributed by atoms with E-state index < -0.39 is 16.8 Å². The van der Waals surface area contributed by atoms with Crippen LogP contribution >= 0.6 is 0 Å². The molecule has 0 aliphatic carbocycles. The van der Waals surface area contributed by atoms with E-state index in [-0.39, 0.29) is 12.5 Å². The molecule has 0 heterocycles. The molecule has 0 radical (unpaired) electrons. The standard InChI is InChI=1S/C16H32N2O4/c1-6-7-9-18-13(19)15(2,3)16(4,5)14(20)22-12-11-21-10-8-17/h6-12,17H2,1-5H3,(H,18,19). The predicted molar refractivity (Wildman–Crippen MR) is 86.3 cm³/mol. The van der Waals surface area contributed by atoms with Crippen molar-refractivity contribution in [1.82, 2.24) is 5.32 Å². The summed E-state index contributed by atoms with van der Waals surface area (Å²) in [5.74, 6) is -0.540. The van der Waals surface area contributed by atoms with Gasteiger partial charge in [-0.1, -0.05) is 13.3 Å². The van der Waals surface area contributed by atoms with Crippen molar-refractivity contribution in [3.63, 3.8) is 0 Å². The van der Waals surface area contributed by atoms with Gasteiger partial charge < -0.3 is 20.5 Å². The Balaban J connectivity index is 4.52. The summed E-state index contributed by atoms with van der Waals surface area (Å²) in [5, 5.41) is 2.88. The molecule has 0 aliphatic heterocycles. The van der Waals surface area contributed by atoms with Crippen LogP contribution < -0.4 is 11.1 Å². The number of nitrogens with one attached hydrogen (secondary N) is 1. The third-order valence-corrected chi connectivity index (χ3v) is 4.18. The summed E-state index contributed by atoms with van der Waals surface area (Å²) in [4.78, 5) is 24.6. The van der Waals surface area contributed by atoms with Crippen LogP contribution in [0.3, 0.4) is 0 Å². The lowest BCUT2D eigenvalue weighted by Crippen LogP contribution is -2.50. The van der Waals surface area contributed by atoms with Gasteiger partial charge in [0.25, 0.3) is 0 Å². The Hall–Kier alpha value is -1.14. The van der Waals surface area contributed by atoms with Crippen LogP contribution in [0.25, 0.3) is 0 Å². The second kappa shape index (κ2) is 9.79. The summed E-state index contributed by atoms with van der Waals surface area (Å²) in [6.45, 7) is 11.0. The van der Waals surface area contributed by atoms with Gasteiger partial charge in [0.15, 0.2) is 0 Å². The van der Waals surface area contributed by atoms with Gasteiger partial charge in [0, 0.05) is 13.1 Å². The average Bonchev–Trinajstić information content (AvgIpc) is 2.46. The Morgan fingerprint density at radius 3 is 2.23 bits per heavy atom. The largest absolute Gasteiger partial charge is 0.463 e. The Morgan fingerprint density at radius 1 is 1.05 bits per heavy atom. The van der Waals surface area contributed by atoms with Gasteiger partial charge in [0.2, 0.25) is 5.91 Å². The first-order valence-corrected chi connectivity index (χ1v) is 7.95. The maximum atomic E-state index is 12.3. The van der Waals surface area contributed by atoms with Gasteiger partial charge in [-0.25, -0.2) is 0 Å². The van der Waals surface area contributed by atoms with Gasteiger partial charge in [-0.05, 0) is 34.1 Å². The second-order valence-corrected chi connectivity index (χ2v) is 6.40. The van der Waals surface area contributed by atoms with Crippen LogP contribution in [0.1, 0.15) is 47.5 Å². The molecule has 0 rings (SSSR count). The highest BCUT2D eigenvalue weighted by Crippen LogP contribution is 2.39. The van der Waals surface area contributed by atoms with Crippen molar-refractivity contribution in [2.24, 2.45) is 16.6 Å². The molecule has 22 heavy (non-hydrogen) atoms. The van der Waals surface area contributed by atoms with Crippen molar-refractivity contribution >= 4 is 11.9 Å². The number of ether oxygens (including phenoxy) is 2. The Kier molecular flexibility index (Phi) is 9.28. The van der Waals surface area contributed by atoms with Crippen LogP contribution in [-0.4, -0.2) is 44.8 Å². The number of rotatable bonds is 11. The smallest absolute Gasteiger partial charge is 0.312 e. The molecule has 0 fully saturated rings. The number of carbonyl (C=O) groups is 2. The maximum Gasteiger partial charge on any atom is 0.312 e. The van der Waals surface area contributed by atoms with Crippen LogP contribution in [0.4, 0.5) is 0 Å². The Labute approximate surface area is 134 Å². The molecule has 0 aliphatic rings. The van der Waals surface area contributed by atoms with E-state index in [4.69, 9.17) is 15.2 Å². The molecule has 0 aromatic rings. The summed E-state index contributed by atoms with van der Waals surface area (Å²) < 4.78 is 10.4. The minimum Gasteiger partial charge on any atom is -0.463 e. The molecular formula is C16H32N2O4. The first-order valence-electron chi connectivity index (χ1n) is 7.95. The van der Waals surface area contributed by atoms with E-state index in [0.717, 1.165) is 12.8 Å². The van der Waals surface area contributed by atoms with Gasteiger partial charge in [-0.15, -0.1) is 0 Å². The molecule has 0 aromatic heterocycles. The number of hydrogen-bond donors (Lipinski definition) is 2. The number of amides is 1. The maximum absolute atomic E-state index is 12.3. The minimum absolute atomic E-state index is 0.137. The lowest BCUT2D eigenvalue weighted by atomic mass is 9.67. The normalized spacial score (nSPS) is 12.1. The van der Waals surface area contributed by atoms with Gasteiger partial charge in [-0.3, -0.25) is 9.59 Å². The number of carbonyl (C=O) groups excluding carboxylic acids is 2. The zero-order valence-electron chi connectivity index (χ0n) is 14.7. The molecular weight excluding hydrogens is 284 g/mol. The van der Waals surface area contributed by atoms with Crippen LogP contribution in [0.5, 0.6) is 0 Å². The van der Waals surface area contributed by atoms with Gasteiger partial charge >= 0.3 is 5.97 Å². The molecule has 0 atom stereocenters. The third kappa shape index (κ3) is 5.93. The molecule has 0 aromatic carbocycles. The quantitative estimate of drug-likeness (QED) is 0.445. The van der Waals surface area contributed by atoms with Gasteiger partial charge in [0.05, 0.1) is 24.0 Å². The summed E-state index contributed by atoms with van der Waals surface area (Å²) in [6, 6.07) is 0. The van der Waals surface area contributed by atoms with Crippen molar-refractivity contribution in [2.45, 2.75) is 47.5 Å². The molecule has 3 N–H and O–H groups in total. The number of unbranched alkanes of at least 4 members (excludes halogenated alkanes) is 1. The van der Waals surface area contributed by atoms with E-state index in [9.17, 15) is 9.59 Å². The van der Waals surface area contributed by atoms with Crippen LogP contribution in [0.15, 0.2) is 0 Å². The molecule has 0 bridgehead atoms. The molecule has 6 heteroatoms. The van der Waals surface area contributed by atoms with Crippen LogP contribution in [-0.2, 0) is 19.1 Å². The van der Waals surface area contributed by atoms with Gasteiger partial charge in [0.1, 0.15) is 6.61 Å². The monoisotopic (exact) mass is 316 g/mol. The first-order chi connectivity index (χ1) is 10.2. The average molecular weight is 316 g/mol.